The highest BCUT2D eigenvalue weighted by molar-refractivity contribution is 5.43. The number of nitrogen functional groups attached to an aromatic ring is 1. The van der Waals surface area contributed by atoms with Crippen molar-refractivity contribution in [3.63, 3.8) is 0 Å². The first kappa shape index (κ1) is 8.80. The van der Waals surface area contributed by atoms with Crippen LogP contribution in [0.4, 0.5) is 5.82 Å². The molecule has 4 N–H and O–H groups in total. The molecule has 1 aromatic rings. The van der Waals surface area contributed by atoms with Gasteiger partial charge in [-0.15, -0.1) is 0 Å². The maximum absolute atomic E-state index is 5.53. The Labute approximate surface area is 71.5 Å². The van der Waals surface area contributed by atoms with Crippen molar-refractivity contribution < 1.29 is 4.74 Å². The largest absolute Gasteiger partial charge is 0.481 e. The third kappa shape index (κ3) is 1.48. The third-order valence-corrected chi connectivity index (χ3v) is 1.73. The van der Waals surface area contributed by atoms with E-state index < -0.39 is 0 Å². The van der Waals surface area contributed by atoms with Crippen molar-refractivity contribution in [3.8, 4) is 5.88 Å². The Hall–Kier alpha value is -1.29. The zero-order valence-corrected chi connectivity index (χ0v) is 7.29. The van der Waals surface area contributed by atoms with Crippen LogP contribution in [-0.2, 0) is 6.54 Å². The van der Waals surface area contributed by atoms with E-state index in [2.05, 4.69) is 4.98 Å². The first-order valence-electron chi connectivity index (χ1n) is 3.69. The molecule has 0 aliphatic carbocycles. The fraction of sp³-hybridized carbons (Fsp3) is 0.375. The summed E-state index contributed by atoms with van der Waals surface area (Å²) in [5, 5.41) is 0. The number of rotatable bonds is 2. The molecule has 0 spiro atoms. The van der Waals surface area contributed by atoms with Gasteiger partial charge in [-0.25, -0.2) is 0 Å². The van der Waals surface area contributed by atoms with Crippen LogP contribution in [0.25, 0.3) is 0 Å². The number of aromatic nitrogens is 1. The van der Waals surface area contributed by atoms with Gasteiger partial charge in [-0.1, -0.05) is 0 Å². The Bertz CT molecular complexity index is 286. The molecule has 0 saturated heterocycles. The van der Waals surface area contributed by atoms with Crippen LogP contribution in [0.2, 0.25) is 0 Å². The maximum Gasteiger partial charge on any atom is 0.219 e. The molecule has 1 heterocycles. The number of anilines is 1. The molecule has 0 aromatic carbocycles. The lowest BCUT2D eigenvalue weighted by atomic mass is 10.1. The second kappa shape index (κ2) is 3.40. The second-order valence-corrected chi connectivity index (χ2v) is 2.56. The van der Waals surface area contributed by atoms with E-state index in [0.29, 0.717) is 18.2 Å². The Morgan fingerprint density at radius 3 is 2.75 bits per heavy atom. The molecule has 0 bridgehead atoms. The number of pyridine rings is 1. The third-order valence-electron chi connectivity index (χ3n) is 1.73. The van der Waals surface area contributed by atoms with Gasteiger partial charge in [0, 0.05) is 12.1 Å². The molecule has 0 aliphatic heterocycles. The van der Waals surface area contributed by atoms with Crippen LogP contribution in [0.3, 0.4) is 0 Å². The quantitative estimate of drug-likeness (QED) is 0.670. The van der Waals surface area contributed by atoms with Crippen molar-refractivity contribution in [2.24, 2.45) is 5.73 Å². The maximum atomic E-state index is 5.53. The van der Waals surface area contributed by atoms with Gasteiger partial charge in [-0.05, 0) is 18.6 Å². The van der Waals surface area contributed by atoms with Crippen LogP contribution in [0, 0.1) is 6.92 Å². The number of nitrogens with two attached hydrogens (primary N) is 2. The second-order valence-electron chi connectivity index (χ2n) is 2.56. The standard InChI is InChI=1S/C8H13N3O/c1-5-3-7(10)11-8(12-2)6(5)4-9/h3H,4,9H2,1-2H3,(H2,10,11). The number of aryl methyl sites for hydroxylation is 1. The van der Waals surface area contributed by atoms with Gasteiger partial charge in [-0.2, -0.15) is 4.98 Å². The Morgan fingerprint density at radius 2 is 2.25 bits per heavy atom. The Morgan fingerprint density at radius 1 is 1.58 bits per heavy atom. The average Bonchev–Trinajstić information content (AvgIpc) is 2.03. The molecule has 0 amide bonds. The fourth-order valence-corrected chi connectivity index (χ4v) is 1.11. The van der Waals surface area contributed by atoms with Crippen LogP contribution in [0.15, 0.2) is 6.07 Å². The van der Waals surface area contributed by atoms with Crippen LogP contribution in [-0.4, -0.2) is 12.1 Å². The van der Waals surface area contributed by atoms with E-state index in [1.54, 1.807) is 13.2 Å². The minimum absolute atomic E-state index is 0.419. The first-order valence-corrected chi connectivity index (χ1v) is 3.69. The molecule has 0 radical (unpaired) electrons. The highest BCUT2D eigenvalue weighted by atomic mass is 16.5. The predicted molar refractivity (Wildman–Crippen MR) is 47.8 cm³/mol. The van der Waals surface area contributed by atoms with E-state index in [1.165, 1.54) is 0 Å². The van der Waals surface area contributed by atoms with Gasteiger partial charge in [0.1, 0.15) is 5.82 Å². The molecule has 1 aromatic heterocycles. The topological polar surface area (TPSA) is 74.2 Å². The van der Waals surface area contributed by atoms with Crippen molar-refractivity contribution in [2.75, 3.05) is 12.8 Å². The van der Waals surface area contributed by atoms with E-state index in [4.69, 9.17) is 16.2 Å². The minimum Gasteiger partial charge on any atom is -0.481 e. The number of hydrogen-bond donors (Lipinski definition) is 2. The van der Waals surface area contributed by atoms with E-state index in [1.807, 2.05) is 6.92 Å². The zero-order chi connectivity index (χ0) is 9.14. The summed E-state index contributed by atoms with van der Waals surface area (Å²) >= 11 is 0. The van der Waals surface area contributed by atoms with Gasteiger partial charge in [0.2, 0.25) is 5.88 Å². The van der Waals surface area contributed by atoms with Crippen LogP contribution in [0.5, 0.6) is 5.88 Å². The number of ether oxygens (including phenoxy) is 1. The molecule has 0 unspecified atom stereocenters. The van der Waals surface area contributed by atoms with Crippen molar-refractivity contribution in [2.45, 2.75) is 13.5 Å². The summed E-state index contributed by atoms with van der Waals surface area (Å²) in [7, 11) is 1.56. The Balaban J connectivity index is 3.24. The predicted octanol–water partition coefficient (Wildman–Crippen LogP) is 0.440. The smallest absolute Gasteiger partial charge is 0.219 e. The Kier molecular flexibility index (Phi) is 2.50. The monoisotopic (exact) mass is 167 g/mol. The van der Waals surface area contributed by atoms with Crippen molar-refractivity contribution in [1.29, 1.82) is 0 Å². The molecule has 4 heteroatoms. The first-order chi connectivity index (χ1) is 5.69. The summed E-state index contributed by atoms with van der Waals surface area (Å²) < 4.78 is 5.03. The summed E-state index contributed by atoms with van der Waals surface area (Å²) in [6.45, 7) is 2.35. The van der Waals surface area contributed by atoms with Gasteiger partial charge in [-0.3, -0.25) is 0 Å². The van der Waals surface area contributed by atoms with Gasteiger partial charge < -0.3 is 16.2 Å². The zero-order valence-electron chi connectivity index (χ0n) is 7.29. The van der Waals surface area contributed by atoms with Crippen LogP contribution in [0.1, 0.15) is 11.1 Å². The number of hydrogen-bond acceptors (Lipinski definition) is 4. The molecular formula is C8H13N3O. The van der Waals surface area contributed by atoms with Crippen molar-refractivity contribution in [1.82, 2.24) is 4.98 Å². The van der Waals surface area contributed by atoms with Gasteiger partial charge in [0.15, 0.2) is 0 Å². The summed E-state index contributed by atoms with van der Waals surface area (Å²) in [5.74, 6) is 0.983. The molecule has 0 saturated carbocycles. The van der Waals surface area contributed by atoms with Gasteiger partial charge in [0.25, 0.3) is 0 Å². The van der Waals surface area contributed by atoms with E-state index in [-0.39, 0.29) is 0 Å². The molecular weight excluding hydrogens is 154 g/mol. The minimum atomic E-state index is 0.419. The van der Waals surface area contributed by atoms with E-state index in [9.17, 15) is 0 Å². The van der Waals surface area contributed by atoms with Crippen LogP contribution >= 0.6 is 0 Å². The highest BCUT2D eigenvalue weighted by Crippen LogP contribution is 2.20. The normalized spacial score (nSPS) is 9.92. The summed E-state index contributed by atoms with van der Waals surface area (Å²) in [4.78, 5) is 4.00. The summed E-state index contributed by atoms with van der Waals surface area (Å²) in [6, 6.07) is 1.78. The highest BCUT2D eigenvalue weighted by Gasteiger charge is 2.06. The molecule has 4 nitrogen and oxygen atoms in total. The van der Waals surface area contributed by atoms with E-state index >= 15 is 0 Å². The molecule has 66 valence electrons. The van der Waals surface area contributed by atoms with Gasteiger partial charge >= 0.3 is 0 Å². The van der Waals surface area contributed by atoms with Crippen molar-refractivity contribution in [3.05, 3.63) is 17.2 Å². The van der Waals surface area contributed by atoms with Crippen molar-refractivity contribution >= 4 is 5.82 Å². The average molecular weight is 167 g/mol. The summed E-state index contributed by atoms with van der Waals surface area (Å²) in [5.41, 5.74) is 13.0. The summed E-state index contributed by atoms with van der Waals surface area (Å²) in [6.07, 6.45) is 0. The lowest BCUT2D eigenvalue weighted by molar-refractivity contribution is 0.393. The van der Waals surface area contributed by atoms with Crippen LogP contribution < -0.4 is 16.2 Å². The molecule has 0 atom stereocenters. The molecule has 12 heavy (non-hydrogen) atoms. The molecule has 0 aliphatic rings. The molecule has 0 fully saturated rings. The lowest BCUT2D eigenvalue weighted by Crippen LogP contribution is -2.05. The molecule has 1 rings (SSSR count). The number of methoxy groups -OCH3 is 1. The van der Waals surface area contributed by atoms with E-state index in [0.717, 1.165) is 11.1 Å². The fourth-order valence-electron chi connectivity index (χ4n) is 1.11. The lowest BCUT2D eigenvalue weighted by Gasteiger charge is -2.08. The number of nitrogens with zero attached hydrogens (tertiary/aromatic N) is 1. The SMILES string of the molecule is COc1nc(N)cc(C)c1CN. The van der Waals surface area contributed by atoms with Gasteiger partial charge in [0.05, 0.1) is 7.11 Å².